The van der Waals surface area contributed by atoms with E-state index in [0.717, 1.165) is 27.5 Å². The van der Waals surface area contributed by atoms with Crippen LogP contribution in [0, 0.1) is 0 Å². The maximum absolute atomic E-state index is 12.7. The maximum atomic E-state index is 12.7. The third-order valence-corrected chi connectivity index (χ3v) is 4.78. The number of rotatable bonds is 7. The molecule has 3 aromatic rings. The fraction of sp³-hybridized carbons (Fsp3) is 0.167. The summed E-state index contributed by atoms with van der Waals surface area (Å²) in [5.74, 6) is -0.285. The van der Waals surface area contributed by atoms with Crippen LogP contribution in [0.4, 0.5) is 0 Å². The van der Waals surface area contributed by atoms with E-state index in [-0.39, 0.29) is 24.3 Å². The van der Waals surface area contributed by atoms with Gasteiger partial charge in [0.1, 0.15) is 0 Å². The van der Waals surface area contributed by atoms with Crippen LogP contribution in [-0.4, -0.2) is 11.8 Å². The monoisotopic (exact) mass is 372 g/mol. The van der Waals surface area contributed by atoms with E-state index < -0.39 is 0 Å². The average Bonchev–Trinajstić information content (AvgIpc) is 2.72. The van der Waals surface area contributed by atoms with Gasteiger partial charge in [-0.1, -0.05) is 73.3 Å². The Kier molecular flexibility index (Phi) is 6.22. The Morgan fingerprint density at radius 1 is 0.964 bits per heavy atom. The number of amides is 2. The largest absolute Gasteiger partial charge is 0.349 e. The van der Waals surface area contributed by atoms with E-state index in [1.54, 1.807) is 0 Å². The van der Waals surface area contributed by atoms with Gasteiger partial charge in [-0.3, -0.25) is 9.59 Å². The normalized spacial score (nSPS) is 11.6. The zero-order valence-corrected chi connectivity index (χ0v) is 15.9. The van der Waals surface area contributed by atoms with Crippen molar-refractivity contribution in [3.63, 3.8) is 0 Å². The second kappa shape index (κ2) is 9.00. The second-order valence-corrected chi connectivity index (χ2v) is 6.72. The lowest BCUT2D eigenvalue weighted by Crippen LogP contribution is -2.29. The smallest absolute Gasteiger partial charge is 0.243 e. The Balaban J connectivity index is 1.70. The molecule has 0 aliphatic heterocycles. The van der Waals surface area contributed by atoms with Crippen LogP contribution in [0.15, 0.2) is 79.4 Å². The van der Waals surface area contributed by atoms with Crippen molar-refractivity contribution in [1.82, 2.24) is 10.6 Å². The summed E-state index contributed by atoms with van der Waals surface area (Å²) in [7, 11) is 0. The molecule has 0 fully saturated rings. The maximum Gasteiger partial charge on any atom is 0.243 e. The van der Waals surface area contributed by atoms with Crippen molar-refractivity contribution < 1.29 is 9.59 Å². The van der Waals surface area contributed by atoms with Crippen LogP contribution in [0.5, 0.6) is 0 Å². The lowest BCUT2D eigenvalue weighted by molar-refractivity contribution is -0.121. The van der Waals surface area contributed by atoms with Gasteiger partial charge < -0.3 is 10.6 Å². The highest BCUT2D eigenvalue weighted by Crippen LogP contribution is 2.24. The molecule has 0 bridgehead atoms. The lowest BCUT2D eigenvalue weighted by Gasteiger charge is -2.17. The fourth-order valence-corrected chi connectivity index (χ4v) is 3.33. The third-order valence-electron chi connectivity index (χ3n) is 4.78. The lowest BCUT2D eigenvalue weighted by atomic mass is 9.99. The molecule has 0 saturated heterocycles. The molecule has 1 unspecified atom stereocenters. The van der Waals surface area contributed by atoms with Crippen LogP contribution >= 0.6 is 0 Å². The number of hydrogen-bond acceptors (Lipinski definition) is 2. The number of carbonyl (C=O) groups excluding carboxylic acids is 2. The first kappa shape index (κ1) is 19.4. The summed E-state index contributed by atoms with van der Waals surface area (Å²) >= 11 is 0. The highest BCUT2D eigenvalue weighted by molar-refractivity contribution is 5.87. The molecule has 142 valence electrons. The summed E-state index contributed by atoms with van der Waals surface area (Å²) in [6, 6.07) is 21.8. The van der Waals surface area contributed by atoms with Crippen molar-refractivity contribution in [2.45, 2.75) is 25.9 Å². The van der Waals surface area contributed by atoms with Gasteiger partial charge in [-0.25, -0.2) is 0 Å². The van der Waals surface area contributed by atoms with Gasteiger partial charge in [0.2, 0.25) is 11.8 Å². The molecular formula is C24H24N2O2. The standard InChI is InChI=1S/C24H24N2O2/c1-3-23(27)25-16-20-11-5-4-10-19(20)15-24(28)26-17(2)21-14-8-12-18-9-6-7-13-22(18)21/h3-14,17H,1,15-16H2,2H3,(H,25,27)(H,26,28). The molecule has 0 saturated carbocycles. The highest BCUT2D eigenvalue weighted by atomic mass is 16.2. The van der Waals surface area contributed by atoms with Crippen molar-refractivity contribution in [2.24, 2.45) is 0 Å². The SMILES string of the molecule is C=CC(=O)NCc1ccccc1CC(=O)NC(C)c1cccc2ccccc12. The van der Waals surface area contributed by atoms with E-state index in [0.29, 0.717) is 6.54 Å². The Morgan fingerprint density at radius 2 is 1.64 bits per heavy atom. The molecule has 0 aliphatic carbocycles. The predicted octanol–water partition coefficient (Wildman–Crippen LogP) is 4.06. The molecular weight excluding hydrogens is 348 g/mol. The van der Waals surface area contributed by atoms with Gasteiger partial charge >= 0.3 is 0 Å². The number of carbonyl (C=O) groups is 2. The van der Waals surface area contributed by atoms with Gasteiger partial charge in [0, 0.05) is 6.54 Å². The van der Waals surface area contributed by atoms with Crippen molar-refractivity contribution in [2.75, 3.05) is 0 Å². The Bertz CT molecular complexity index is 1000. The molecule has 4 nitrogen and oxygen atoms in total. The number of benzene rings is 3. The van der Waals surface area contributed by atoms with Crippen LogP contribution in [0.2, 0.25) is 0 Å². The van der Waals surface area contributed by atoms with Gasteiger partial charge in [0.25, 0.3) is 0 Å². The Hall–Kier alpha value is -3.40. The average molecular weight is 372 g/mol. The van der Waals surface area contributed by atoms with Crippen LogP contribution in [0.25, 0.3) is 10.8 Å². The van der Waals surface area contributed by atoms with E-state index in [4.69, 9.17) is 0 Å². The van der Waals surface area contributed by atoms with Gasteiger partial charge in [-0.05, 0) is 40.5 Å². The van der Waals surface area contributed by atoms with E-state index in [1.165, 1.54) is 6.08 Å². The Labute approximate surface area is 165 Å². The molecule has 0 radical (unpaired) electrons. The van der Waals surface area contributed by atoms with Gasteiger partial charge in [0.15, 0.2) is 0 Å². The predicted molar refractivity (Wildman–Crippen MR) is 113 cm³/mol. The summed E-state index contributed by atoms with van der Waals surface area (Å²) < 4.78 is 0. The first-order valence-electron chi connectivity index (χ1n) is 9.32. The van der Waals surface area contributed by atoms with Crippen molar-refractivity contribution in [3.8, 4) is 0 Å². The minimum absolute atomic E-state index is 0.0528. The van der Waals surface area contributed by atoms with E-state index >= 15 is 0 Å². The topological polar surface area (TPSA) is 58.2 Å². The Morgan fingerprint density at radius 3 is 2.43 bits per heavy atom. The fourth-order valence-electron chi connectivity index (χ4n) is 3.33. The van der Waals surface area contributed by atoms with E-state index in [1.807, 2.05) is 55.5 Å². The molecule has 0 spiro atoms. The minimum atomic E-state index is -0.233. The summed E-state index contributed by atoms with van der Waals surface area (Å²) in [6.07, 6.45) is 1.50. The first-order chi connectivity index (χ1) is 13.6. The quantitative estimate of drug-likeness (QED) is 0.615. The van der Waals surface area contributed by atoms with Crippen LogP contribution in [0.1, 0.15) is 29.7 Å². The summed E-state index contributed by atoms with van der Waals surface area (Å²) in [5.41, 5.74) is 2.91. The van der Waals surface area contributed by atoms with Gasteiger partial charge in [-0.2, -0.15) is 0 Å². The van der Waals surface area contributed by atoms with E-state index in [2.05, 4.69) is 35.4 Å². The molecule has 0 heterocycles. The van der Waals surface area contributed by atoms with Gasteiger partial charge in [-0.15, -0.1) is 0 Å². The number of fused-ring (bicyclic) bond motifs is 1. The molecule has 3 rings (SSSR count). The van der Waals surface area contributed by atoms with Crippen molar-refractivity contribution in [1.29, 1.82) is 0 Å². The van der Waals surface area contributed by atoms with Crippen molar-refractivity contribution in [3.05, 3.63) is 96.1 Å². The highest BCUT2D eigenvalue weighted by Gasteiger charge is 2.14. The molecule has 3 aromatic carbocycles. The van der Waals surface area contributed by atoms with Crippen LogP contribution in [0.3, 0.4) is 0 Å². The summed E-state index contributed by atoms with van der Waals surface area (Å²) in [4.78, 5) is 24.1. The molecule has 2 amide bonds. The van der Waals surface area contributed by atoms with Gasteiger partial charge in [0.05, 0.1) is 12.5 Å². The molecule has 0 aliphatic rings. The van der Waals surface area contributed by atoms with Crippen LogP contribution in [-0.2, 0) is 22.6 Å². The first-order valence-corrected chi connectivity index (χ1v) is 9.32. The number of nitrogens with one attached hydrogen (secondary N) is 2. The second-order valence-electron chi connectivity index (χ2n) is 6.72. The molecule has 0 aromatic heterocycles. The molecule has 1 atom stereocenters. The van der Waals surface area contributed by atoms with Crippen molar-refractivity contribution >= 4 is 22.6 Å². The summed E-state index contributed by atoms with van der Waals surface area (Å²) in [6.45, 7) is 5.81. The third kappa shape index (κ3) is 4.65. The number of hydrogen-bond donors (Lipinski definition) is 2. The molecule has 4 heteroatoms. The van der Waals surface area contributed by atoms with E-state index in [9.17, 15) is 9.59 Å². The molecule has 2 N–H and O–H groups in total. The summed E-state index contributed by atoms with van der Waals surface area (Å²) in [5, 5.41) is 8.16. The zero-order valence-electron chi connectivity index (χ0n) is 15.9. The van der Waals surface area contributed by atoms with Crippen LogP contribution < -0.4 is 10.6 Å². The minimum Gasteiger partial charge on any atom is -0.349 e. The molecule has 28 heavy (non-hydrogen) atoms. The zero-order chi connectivity index (χ0) is 19.9.